The van der Waals surface area contributed by atoms with Gasteiger partial charge in [0.25, 0.3) is 0 Å². The van der Waals surface area contributed by atoms with Crippen LogP contribution in [-0.4, -0.2) is 12.0 Å². The van der Waals surface area contributed by atoms with Gasteiger partial charge in [0.15, 0.2) is 0 Å². The summed E-state index contributed by atoms with van der Waals surface area (Å²) in [4.78, 5) is 1.02. The smallest absolute Gasteiger partial charge is 0.0753 e. The summed E-state index contributed by atoms with van der Waals surface area (Å²) in [6, 6.07) is 27.1. The third-order valence-corrected chi connectivity index (χ3v) is 5.51. The van der Waals surface area contributed by atoms with Crippen LogP contribution in [0.25, 0.3) is 16.7 Å². The Kier molecular flexibility index (Phi) is 5.75. The largest absolute Gasteiger partial charge is 0.299 e. The third-order valence-electron chi connectivity index (χ3n) is 4.59. The molecule has 0 fully saturated rings. The van der Waals surface area contributed by atoms with Gasteiger partial charge in [-0.25, -0.2) is 0 Å². The van der Waals surface area contributed by atoms with Crippen LogP contribution in [0.15, 0.2) is 83.8 Å². The summed E-state index contributed by atoms with van der Waals surface area (Å²) in [5.41, 5.74) is 7.44. The molecule has 0 spiro atoms. The Bertz CT molecular complexity index is 955. The van der Waals surface area contributed by atoms with Crippen molar-refractivity contribution in [1.82, 2.24) is 0 Å². The molecule has 0 bridgehead atoms. The summed E-state index contributed by atoms with van der Waals surface area (Å²) in [6.07, 6.45) is 2.05. The van der Waals surface area contributed by atoms with Crippen molar-refractivity contribution in [1.29, 1.82) is 5.41 Å². The molecule has 3 aromatic carbocycles. The molecule has 1 N–H and O–H groups in total. The fourth-order valence-corrected chi connectivity index (χ4v) is 3.85. The quantitative estimate of drug-likeness (QED) is 0.497. The van der Waals surface area contributed by atoms with Gasteiger partial charge in [0, 0.05) is 10.5 Å². The van der Waals surface area contributed by atoms with E-state index in [9.17, 15) is 0 Å². The topological polar surface area (TPSA) is 23.9 Å². The minimum absolute atomic E-state index is 0.596. The van der Waals surface area contributed by atoms with Gasteiger partial charge in [0.2, 0.25) is 0 Å². The van der Waals surface area contributed by atoms with Crippen molar-refractivity contribution in [3.8, 4) is 11.1 Å². The summed E-state index contributed by atoms with van der Waals surface area (Å²) < 4.78 is 0. The number of nitrogens with one attached hydrogen (secondary N) is 1. The van der Waals surface area contributed by atoms with Crippen molar-refractivity contribution in [2.45, 2.75) is 13.8 Å². The third kappa shape index (κ3) is 3.81. The molecule has 3 rings (SSSR count). The number of allylic oxidation sites excluding steroid dienone is 2. The first-order valence-electron chi connectivity index (χ1n) is 8.67. The van der Waals surface area contributed by atoms with Crippen LogP contribution in [0.4, 0.5) is 0 Å². The molecule has 2 heteroatoms. The molecule has 0 aliphatic carbocycles. The van der Waals surface area contributed by atoms with E-state index in [2.05, 4.69) is 68.4 Å². The van der Waals surface area contributed by atoms with Crippen LogP contribution in [0.1, 0.15) is 23.6 Å². The molecule has 0 saturated heterocycles. The molecule has 0 radical (unpaired) electrons. The lowest BCUT2D eigenvalue weighted by atomic mass is 9.97. The van der Waals surface area contributed by atoms with Gasteiger partial charge < -0.3 is 0 Å². The summed E-state index contributed by atoms with van der Waals surface area (Å²) >= 11 is 1.64. The Morgan fingerprint density at radius 1 is 0.808 bits per heavy atom. The van der Waals surface area contributed by atoms with Crippen LogP contribution in [0, 0.1) is 12.3 Å². The lowest BCUT2D eigenvalue weighted by Crippen LogP contribution is -2.05. The van der Waals surface area contributed by atoms with E-state index in [1.54, 1.807) is 11.8 Å². The summed E-state index contributed by atoms with van der Waals surface area (Å²) in [5, 5.41) is 8.75. The molecule has 0 aliphatic rings. The van der Waals surface area contributed by atoms with Crippen molar-refractivity contribution >= 4 is 23.0 Å². The highest BCUT2D eigenvalue weighted by Gasteiger charge is 2.14. The maximum absolute atomic E-state index is 8.75. The van der Waals surface area contributed by atoms with Gasteiger partial charge in [-0.3, -0.25) is 5.41 Å². The molecule has 0 atom stereocenters. The molecule has 0 aliphatic heterocycles. The maximum Gasteiger partial charge on any atom is 0.0753 e. The molecule has 0 saturated carbocycles. The molecular formula is C24H23NS. The second-order valence-electron chi connectivity index (χ2n) is 6.29. The van der Waals surface area contributed by atoms with Gasteiger partial charge in [0.1, 0.15) is 0 Å². The van der Waals surface area contributed by atoms with Crippen molar-refractivity contribution in [2.75, 3.05) is 6.26 Å². The second kappa shape index (κ2) is 8.20. The number of rotatable bonds is 5. The highest BCUT2D eigenvalue weighted by Crippen LogP contribution is 2.31. The maximum atomic E-state index is 8.75. The summed E-state index contributed by atoms with van der Waals surface area (Å²) in [5.74, 6) is 0. The first kappa shape index (κ1) is 18.2. The number of aryl methyl sites for hydroxylation is 1. The van der Waals surface area contributed by atoms with Crippen LogP contribution in [0.2, 0.25) is 0 Å². The van der Waals surface area contributed by atoms with Crippen LogP contribution in [-0.2, 0) is 0 Å². The van der Waals surface area contributed by atoms with E-state index in [0.717, 1.165) is 27.2 Å². The van der Waals surface area contributed by atoms with Crippen molar-refractivity contribution in [2.24, 2.45) is 0 Å². The predicted molar refractivity (Wildman–Crippen MR) is 116 cm³/mol. The van der Waals surface area contributed by atoms with Crippen molar-refractivity contribution in [3.63, 3.8) is 0 Å². The van der Waals surface area contributed by atoms with Gasteiger partial charge in [-0.1, -0.05) is 72.8 Å². The van der Waals surface area contributed by atoms with Crippen molar-refractivity contribution < 1.29 is 0 Å². The lowest BCUT2D eigenvalue weighted by Gasteiger charge is -2.14. The van der Waals surface area contributed by atoms with Gasteiger partial charge in [-0.15, -0.1) is 11.8 Å². The molecule has 0 aromatic heterocycles. The van der Waals surface area contributed by atoms with Gasteiger partial charge >= 0.3 is 0 Å². The SMILES string of the molecule is CS/C(C(=N)c1ccccc1C)=C(/C)c1cccc(-c2ccccc2)c1. The van der Waals surface area contributed by atoms with E-state index >= 15 is 0 Å². The van der Waals surface area contributed by atoms with Gasteiger partial charge in [0.05, 0.1) is 5.71 Å². The van der Waals surface area contributed by atoms with Crippen LogP contribution >= 0.6 is 11.8 Å². The molecule has 0 heterocycles. The second-order valence-corrected chi connectivity index (χ2v) is 7.11. The first-order valence-corrected chi connectivity index (χ1v) is 9.90. The minimum Gasteiger partial charge on any atom is -0.299 e. The van der Waals surface area contributed by atoms with E-state index in [0.29, 0.717) is 5.71 Å². The molecule has 0 unspecified atom stereocenters. The summed E-state index contributed by atoms with van der Waals surface area (Å²) in [6.45, 7) is 4.18. The zero-order valence-corrected chi connectivity index (χ0v) is 16.2. The van der Waals surface area contributed by atoms with Crippen LogP contribution in [0.5, 0.6) is 0 Å². The zero-order valence-electron chi connectivity index (χ0n) is 15.4. The van der Waals surface area contributed by atoms with Crippen LogP contribution < -0.4 is 0 Å². The predicted octanol–water partition coefficient (Wildman–Crippen LogP) is 6.82. The highest BCUT2D eigenvalue weighted by molar-refractivity contribution is 8.03. The van der Waals surface area contributed by atoms with E-state index in [4.69, 9.17) is 5.41 Å². The molecular weight excluding hydrogens is 334 g/mol. The molecule has 130 valence electrons. The van der Waals surface area contributed by atoms with E-state index < -0.39 is 0 Å². The molecule has 26 heavy (non-hydrogen) atoms. The first-order chi connectivity index (χ1) is 12.6. The Hall–Kier alpha value is -2.58. The standard InChI is InChI=1S/C24H23NS/c1-17-10-7-8-15-22(17)23(25)24(26-3)18(2)20-13-9-14-21(16-20)19-11-5-4-6-12-19/h4-16,25H,1-3H3/b24-18-,25-23?. The number of hydrogen-bond acceptors (Lipinski definition) is 2. The molecule has 3 aromatic rings. The van der Waals surface area contributed by atoms with E-state index in [-0.39, 0.29) is 0 Å². The van der Waals surface area contributed by atoms with Gasteiger partial charge in [-0.2, -0.15) is 0 Å². The Morgan fingerprint density at radius 3 is 2.15 bits per heavy atom. The summed E-state index contributed by atoms with van der Waals surface area (Å²) in [7, 11) is 0. The average Bonchev–Trinajstić information content (AvgIpc) is 2.69. The van der Waals surface area contributed by atoms with Gasteiger partial charge in [-0.05, 0) is 54.0 Å². The fourth-order valence-electron chi connectivity index (χ4n) is 3.11. The number of benzene rings is 3. The monoisotopic (exact) mass is 357 g/mol. The zero-order chi connectivity index (χ0) is 18.5. The normalized spacial score (nSPS) is 11.8. The van der Waals surface area contributed by atoms with Crippen molar-refractivity contribution in [3.05, 3.63) is 100 Å². The number of hydrogen-bond donors (Lipinski definition) is 1. The average molecular weight is 358 g/mol. The van der Waals surface area contributed by atoms with E-state index in [1.807, 2.05) is 30.5 Å². The van der Waals surface area contributed by atoms with Crippen LogP contribution in [0.3, 0.4) is 0 Å². The molecule has 0 amide bonds. The lowest BCUT2D eigenvalue weighted by molar-refractivity contribution is 1.40. The Morgan fingerprint density at radius 2 is 1.46 bits per heavy atom. The number of thioether (sulfide) groups is 1. The Balaban J connectivity index is 2.04. The highest BCUT2D eigenvalue weighted by atomic mass is 32.2. The molecule has 1 nitrogen and oxygen atoms in total. The Labute approximate surface area is 160 Å². The minimum atomic E-state index is 0.596. The van der Waals surface area contributed by atoms with E-state index in [1.165, 1.54) is 11.1 Å². The fraction of sp³-hybridized carbons (Fsp3) is 0.125.